The van der Waals surface area contributed by atoms with Gasteiger partial charge in [0, 0.05) is 12.3 Å². The maximum Gasteiger partial charge on any atom is 0.246 e. The molecule has 1 saturated heterocycles. The first-order valence-corrected chi connectivity index (χ1v) is 7.96. The molecule has 1 saturated carbocycles. The fourth-order valence-electron chi connectivity index (χ4n) is 2.50. The van der Waals surface area contributed by atoms with E-state index in [9.17, 15) is 9.59 Å². The van der Waals surface area contributed by atoms with Crippen LogP contribution in [-0.2, 0) is 9.59 Å². The van der Waals surface area contributed by atoms with Crippen LogP contribution < -0.4 is 5.32 Å². The Balaban J connectivity index is 1.99. The average molecular weight is 280 g/mol. The molecule has 1 heterocycles. The molecule has 0 radical (unpaired) electrons. The predicted octanol–water partition coefficient (Wildman–Crippen LogP) is 0.868. The lowest BCUT2D eigenvalue weighted by Gasteiger charge is -2.38. The molecule has 0 bridgehead atoms. The van der Waals surface area contributed by atoms with Crippen molar-refractivity contribution in [3.63, 3.8) is 0 Å². The number of terminal acetylenes is 1. The number of thioether (sulfide) groups is 1. The normalized spacial score (nSPS) is 27.1. The van der Waals surface area contributed by atoms with E-state index in [1.165, 1.54) is 0 Å². The van der Waals surface area contributed by atoms with Crippen molar-refractivity contribution < 1.29 is 9.59 Å². The number of nitrogens with zero attached hydrogens (tertiary/aromatic N) is 1. The van der Waals surface area contributed by atoms with Crippen LogP contribution in [0.25, 0.3) is 0 Å². The number of nitrogens with one attached hydrogen (secondary N) is 1. The van der Waals surface area contributed by atoms with Gasteiger partial charge in [-0.1, -0.05) is 12.8 Å². The quantitative estimate of drug-likeness (QED) is 0.580. The Morgan fingerprint density at radius 1 is 1.47 bits per heavy atom. The van der Waals surface area contributed by atoms with Crippen molar-refractivity contribution >= 4 is 23.6 Å². The average Bonchev–Trinajstić information content (AvgIpc) is 3.22. The molecule has 0 aromatic heterocycles. The molecule has 0 aromatic rings. The molecule has 0 aromatic carbocycles. The van der Waals surface area contributed by atoms with Crippen molar-refractivity contribution in [3.05, 3.63) is 0 Å². The molecule has 2 rings (SSSR count). The summed E-state index contributed by atoms with van der Waals surface area (Å²) in [6.07, 6.45) is 7.96. The molecular formula is C14H20N2O2S. The Morgan fingerprint density at radius 3 is 2.79 bits per heavy atom. The zero-order chi connectivity index (χ0) is 13.8. The minimum absolute atomic E-state index is 0.000879. The van der Waals surface area contributed by atoms with Crippen LogP contribution in [0.4, 0.5) is 0 Å². The van der Waals surface area contributed by atoms with Crippen molar-refractivity contribution in [2.45, 2.75) is 38.3 Å². The molecule has 5 heteroatoms. The zero-order valence-electron chi connectivity index (χ0n) is 11.2. The SMILES string of the molecule is C#CCSCCN1C(=O)C(C2CC2)NC(=O)C1CC. The summed E-state index contributed by atoms with van der Waals surface area (Å²) in [6, 6.07) is -0.595. The van der Waals surface area contributed by atoms with Crippen LogP contribution in [0.1, 0.15) is 26.2 Å². The number of piperazine rings is 1. The van der Waals surface area contributed by atoms with Crippen LogP contribution in [0.3, 0.4) is 0 Å². The van der Waals surface area contributed by atoms with E-state index in [2.05, 4.69) is 11.2 Å². The summed E-state index contributed by atoms with van der Waals surface area (Å²) < 4.78 is 0. The number of hydrogen-bond acceptors (Lipinski definition) is 3. The molecule has 2 atom stereocenters. The molecule has 2 fully saturated rings. The smallest absolute Gasteiger partial charge is 0.246 e. The highest BCUT2D eigenvalue weighted by atomic mass is 32.2. The molecule has 1 aliphatic heterocycles. The monoisotopic (exact) mass is 280 g/mol. The zero-order valence-corrected chi connectivity index (χ0v) is 12.0. The van der Waals surface area contributed by atoms with E-state index in [4.69, 9.17) is 6.42 Å². The van der Waals surface area contributed by atoms with E-state index in [1.54, 1.807) is 16.7 Å². The molecule has 2 amide bonds. The maximum atomic E-state index is 12.4. The fourth-order valence-corrected chi connectivity index (χ4v) is 3.09. The minimum atomic E-state index is -0.311. The Labute approximate surface area is 118 Å². The van der Waals surface area contributed by atoms with Gasteiger partial charge in [-0.2, -0.15) is 0 Å². The number of carbonyl (C=O) groups is 2. The van der Waals surface area contributed by atoms with Crippen molar-refractivity contribution in [1.29, 1.82) is 0 Å². The Hall–Kier alpha value is -1.15. The van der Waals surface area contributed by atoms with Crippen LogP contribution in [0.2, 0.25) is 0 Å². The maximum absolute atomic E-state index is 12.4. The van der Waals surface area contributed by atoms with E-state index in [0.717, 1.165) is 18.6 Å². The summed E-state index contributed by atoms with van der Waals surface area (Å²) >= 11 is 1.63. The summed E-state index contributed by atoms with van der Waals surface area (Å²) in [5, 5.41) is 2.89. The molecular weight excluding hydrogens is 260 g/mol. The third kappa shape index (κ3) is 3.24. The second-order valence-electron chi connectivity index (χ2n) is 5.04. The van der Waals surface area contributed by atoms with Crippen LogP contribution in [0.15, 0.2) is 0 Å². The van der Waals surface area contributed by atoms with Crippen LogP contribution in [0.5, 0.6) is 0 Å². The lowest BCUT2D eigenvalue weighted by molar-refractivity contribution is -0.149. The van der Waals surface area contributed by atoms with Gasteiger partial charge in [0.1, 0.15) is 12.1 Å². The Bertz CT molecular complexity index is 401. The number of rotatable bonds is 6. The number of carbonyl (C=O) groups excluding carboxylic acids is 2. The van der Waals surface area contributed by atoms with Crippen LogP contribution in [-0.4, -0.2) is 46.8 Å². The van der Waals surface area contributed by atoms with Gasteiger partial charge in [0.2, 0.25) is 11.8 Å². The lowest BCUT2D eigenvalue weighted by Crippen LogP contribution is -2.64. The van der Waals surface area contributed by atoms with Gasteiger partial charge in [0.25, 0.3) is 0 Å². The van der Waals surface area contributed by atoms with Crippen molar-refractivity contribution in [2.75, 3.05) is 18.1 Å². The standard InChI is InChI=1S/C14H20N2O2S/c1-3-8-19-9-7-16-11(4-2)13(17)15-12(14(16)18)10-5-6-10/h1,10-12H,4-9H2,2H3,(H,15,17). The third-order valence-corrected chi connectivity index (χ3v) is 4.51. The molecule has 0 spiro atoms. The molecule has 2 aliphatic rings. The second-order valence-corrected chi connectivity index (χ2v) is 6.14. The van der Waals surface area contributed by atoms with Crippen LogP contribution in [0, 0.1) is 18.3 Å². The Kier molecular flexibility index (Phi) is 4.76. The van der Waals surface area contributed by atoms with Gasteiger partial charge in [0.05, 0.1) is 5.75 Å². The highest BCUT2D eigenvalue weighted by Crippen LogP contribution is 2.35. The summed E-state index contributed by atoms with van der Waals surface area (Å²) in [6.45, 7) is 2.55. The van der Waals surface area contributed by atoms with Crippen molar-refractivity contribution in [2.24, 2.45) is 5.92 Å². The molecule has 1 aliphatic carbocycles. The van der Waals surface area contributed by atoms with Gasteiger partial charge in [-0.25, -0.2) is 0 Å². The largest absolute Gasteiger partial charge is 0.342 e. The Morgan fingerprint density at radius 2 is 2.21 bits per heavy atom. The van der Waals surface area contributed by atoms with E-state index in [0.29, 0.717) is 24.6 Å². The molecule has 104 valence electrons. The van der Waals surface area contributed by atoms with Crippen LogP contribution >= 0.6 is 11.8 Å². The van der Waals surface area contributed by atoms with E-state index >= 15 is 0 Å². The summed E-state index contributed by atoms with van der Waals surface area (Å²) in [7, 11) is 0. The number of amides is 2. The predicted molar refractivity (Wildman–Crippen MR) is 76.6 cm³/mol. The van der Waals surface area contributed by atoms with E-state index in [-0.39, 0.29) is 23.9 Å². The van der Waals surface area contributed by atoms with Gasteiger partial charge < -0.3 is 10.2 Å². The van der Waals surface area contributed by atoms with Crippen molar-refractivity contribution in [1.82, 2.24) is 10.2 Å². The molecule has 4 nitrogen and oxygen atoms in total. The van der Waals surface area contributed by atoms with Gasteiger partial charge >= 0.3 is 0 Å². The lowest BCUT2D eigenvalue weighted by atomic mass is 10.0. The molecule has 19 heavy (non-hydrogen) atoms. The second kappa shape index (κ2) is 6.33. The minimum Gasteiger partial charge on any atom is -0.342 e. The summed E-state index contributed by atoms with van der Waals surface area (Å²) in [5.41, 5.74) is 0. The fraction of sp³-hybridized carbons (Fsp3) is 0.714. The summed E-state index contributed by atoms with van der Waals surface area (Å²) in [5.74, 6) is 4.46. The highest BCUT2D eigenvalue weighted by Gasteiger charge is 2.45. The highest BCUT2D eigenvalue weighted by molar-refractivity contribution is 7.99. The van der Waals surface area contributed by atoms with E-state index < -0.39 is 0 Å². The van der Waals surface area contributed by atoms with Gasteiger partial charge in [-0.15, -0.1) is 18.2 Å². The topological polar surface area (TPSA) is 49.4 Å². The first kappa shape index (κ1) is 14.3. The van der Waals surface area contributed by atoms with Gasteiger partial charge in [-0.05, 0) is 25.2 Å². The van der Waals surface area contributed by atoms with Gasteiger partial charge in [0.15, 0.2) is 0 Å². The number of hydrogen-bond donors (Lipinski definition) is 1. The summed E-state index contributed by atoms with van der Waals surface area (Å²) in [4.78, 5) is 26.3. The van der Waals surface area contributed by atoms with Gasteiger partial charge in [-0.3, -0.25) is 9.59 Å². The first-order chi connectivity index (χ1) is 9.19. The molecule has 1 N–H and O–H groups in total. The van der Waals surface area contributed by atoms with Crippen molar-refractivity contribution in [3.8, 4) is 12.3 Å². The first-order valence-electron chi connectivity index (χ1n) is 6.81. The molecule has 2 unspecified atom stereocenters. The third-order valence-electron chi connectivity index (χ3n) is 3.67. The van der Waals surface area contributed by atoms with E-state index in [1.807, 2.05) is 6.92 Å².